The van der Waals surface area contributed by atoms with E-state index in [9.17, 15) is 14.4 Å². The minimum atomic E-state index is -0.340. The molecule has 0 saturated carbocycles. The van der Waals surface area contributed by atoms with Crippen LogP contribution in [0.3, 0.4) is 0 Å². The van der Waals surface area contributed by atoms with Crippen LogP contribution < -0.4 is 4.90 Å². The number of benzene rings is 2. The second-order valence-corrected chi connectivity index (χ2v) is 7.64. The van der Waals surface area contributed by atoms with Crippen LogP contribution in [0.25, 0.3) is 10.8 Å². The molecule has 1 saturated heterocycles. The van der Waals surface area contributed by atoms with E-state index in [4.69, 9.17) is 0 Å². The Kier molecular flexibility index (Phi) is 4.82. The summed E-state index contributed by atoms with van der Waals surface area (Å²) in [7, 11) is 0. The van der Waals surface area contributed by atoms with Gasteiger partial charge < -0.3 is 9.80 Å². The van der Waals surface area contributed by atoms with Crippen molar-refractivity contribution in [3.8, 4) is 0 Å². The zero-order chi connectivity index (χ0) is 21.4. The van der Waals surface area contributed by atoms with Crippen LogP contribution in [0.1, 0.15) is 27.1 Å². The molecule has 3 heterocycles. The Bertz CT molecular complexity index is 1120. The molecule has 0 bridgehead atoms. The van der Waals surface area contributed by atoms with Gasteiger partial charge in [-0.3, -0.25) is 19.3 Å². The SMILES string of the molecule is O=C(CCN1C(=O)c2cccc3cccc(c23)C1=O)N1CCN(c2ncccn2)CC1. The van der Waals surface area contributed by atoms with E-state index in [1.54, 1.807) is 35.5 Å². The van der Waals surface area contributed by atoms with Crippen molar-refractivity contribution >= 4 is 34.4 Å². The highest BCUT2D eigenvalue weighted by Gasteiger charge is 2.33. The van der Waals surface area contributed by atoms with Gasteiger partial charge >= 0.3 is 0 Å². The number of piperazine rings is 1. The number of carbonyl (C=O) groups excluding carboxylic acids is 3. The maximum absolute atomic E-state index is 13.0. The Morgan fingerprint density at radius 2 is 1.45 bits per heavy atom. The van der Waals surface area contributed by atoms with Crippen molar-refractivity contribution in [1.82, 2.24) is 19.8 Å². The molecule has 8 heteroatoms. The molecule has 0 radical (unpaired) electrons. The highest BCUT2D eigenvalue weighted by molar-refractivity contribution is 6.25. The molecule has 3 amide bonds. The van der Waals surface area contributed by atoms with Crippen molar-refractivity contribution in [2.45, 2.75) is 6.42 Å². The van der Waals surface area contributed by atoms with E-state index in [0.29, 0.717) is 48.6 Å². The monoisotopic (exact) mass is 415 g/mol. The highest BCUT2D eigenvalue weighted by Crippen LogP contribution is 2.30. The first-order valence-corrected chi connectivity index (χ1v) is 10.3. The number of anilines is 1. The molecule has 156 valence electrons. The van der Waals surface area contributed by atoms with Crippen molar-refractivity contribution in [2.75, 3.05) is 37.6 Å². The molecule has 5 rings (SSSR count). The molecule has 0 N–H and O–H groups in total. The normalized spacial score (nSPS) is 16.2. The average Bonchev–Trinajstić information content (AvgIpc) is 2.83. The molecule has 31 heavy (non-hydrogen) atoms. The maximum Gasteiger partial charge on any atom is 0.261 e. The third kappa shape index (κ3) is 3.39. The molecule has 0 aliphatic carbocycles. The number of imide groups is 1. The first-order valence-electron chi connectivity index (χ1n) is 10.3. The summed E-state index contributed by atoms with van der Waals surface area (Å²) in [5.74, 6) is -0.0838. The van der Waals surface area contributed by atoms with Crippen molar-refractivity contribution in [1.29, 1.82) is 0 Å². The van der Waals surface area contributed by atoms with Gasteiger partial charge in [0.05, 0.1) is 0 Å². The van der Waals surface area contributed by atoms with E-state index < -0.39 is 0 Å². The molecule has 2 aliphatic rings. The van der Waals surface area contributed by atoms with Gasteiger partial charge in [-0.25, -0.2) is 9.97 Å². The fraction of sp³-hybridized carbons (Fsp3) is 0.261. The highest BCUT2D eigenvalue weighted by atomic mass is 16.2. The Labute approximate surface area is 179 Å². The first kappa shape index (κ1) is 19.2. The number of amides is 3. The fourth-order valence-corrected chi connectivity index (χ4v) is 4.26. The van der Waals surface area contributed by atoms with E-state index in [-0.39, 0.29) is 30.7 Å². The van der Waals surface area contributed by atoms with Gasteiger partial charge in [0, 0.05) is 68.1 Å². The topological polar surface area (TPSA) is 86.7 Å². The molecule has 0 atom stereocenters. The summed E-state index contributed by atoms with van der Waals surface area (Å²) in [6, 6.07) is 12.7. The minimum Gasteiger partial charge on any atom is -0.339 e. The van der Waals surface area contributed by atoms with Crippen LogP contribution in [0, 0.1) is 0 Å². The summed E-state index contributed by atoms with van der Waals surface area (Å²) in [6.45, 7) is 2.48. The summed E-state index contributed by atoms with van der Waals surface area (Å²) < 4.78 is 0. The fourth-order valence-electron chi connectivity index (χ4n) is 4.26. The molecule has 3 aromatic rings. The number of carbonyl (C=O) groups is 3. The van der Waals surface area contributed by atoms with Crippen LogP contribution >= 0.6 is 0 Å². The lowest BCUT2D eigenvalue weighted by atomic mass is 9.94. The minimum absolute atomic E-state index is 0.0636. The summed E-state index contributed by atoms with van der Waals surface area (Å²) in [5, 5.41) is 1.56. The van der Waals surface area contributed by atoms with E-state index in [2.05, 4.69) is 9.97 Å². The van der Waals surface area contributed by atoms with Crippen molar-refractivity contribution < 1.29 is 14.4 Å². The predicted octanol–water partition coefficient (Wildman–Crippen LogP) is 1.96. The molecular formula is C23H21N5O3. The summed E-state index contributed by atoms with van der Waals surface area (Å²) in [5.41, 5.74) is 1.02. The Morgan fingerprint density at radius 1 is 0.839 bits per heavy atom. The Hall–Kier alpha value is -3.81. The van der Waals surface area contributed by atoms with E-state index in [1.807, 2.05) is 29.2 Å². The number of rotatable bonds is 4. The van der Waals surface area contributed by atoms with Gasteiger partial charge in [-0.05, 0) is 23.6 Å². The number of hydrogen-bond acceptors (Lipinski definition) is 6. The van der Waals surface area contributed by atoms with E-state index in [0.717, 1.165) is 5.39 Å². The molecule has 2 aromatic carbocycles. The summed E-state index contributed by atoms with van der Waals surface area (Å²) in [6.07, 6.45) is 3.51. The van der Waals surface area contributed by atoms with Gasteiger partial charge in [-0.15, -0.1) is 0 Å². The predicted molar refractivity (Wildman–Crippen MR) is 115 cm³/mol. The van der Waals surface area contributed by atoms with Gasteiger partial charge in [-0.2, -0.15) is 0 Å². The second-order valence-electron chi connectivity index (χ2n) is 7.64. The maximum atomic E-state index is 13.0. The van der Waals surface area contributed by atoms with Crippen LogP contribution in [-0.2, 0) is 4.79 Å². The van der Waals surface area contributed by atoms with Crippen molar-refractivity contribution in [3.63, 3.8) is 0 Å². The second kappa shape index (κ2) is 7.79. The zero-order valence-corrected chi connectivity index (χ0v) is 16.9. The Morgan fingerprint density at radius 3 is 2.06 bits per heavy atom. The first-order chi connectivity index (χ1) is 15.1. The summed E-state index contributed by atoms with van der Waals surface area (Å²) in [4.78, 5) is 52.2. The van der Waals surface area contributed by atoms with Crippen LogP contribution in [0.4, 0.5) is 5.95 Å². The van der Waals surface area contributed by atoms with Gasteiger partial charge in [0.2, 0.25) is 11.9 Å². The number of nitrogens with zero attached hydrogens (tertiary/aromatic N) is 5. The van der Waals surface area contributed by atoms with Crippen LogP contribution in [-0.4, -0.2) is 70.2 Å². The molecule has 1 aromatic heterocycles. The zero-order valence-electron chi connectivity index (χ0n) is 16.9. The average molecular weight is 415 g/mol. The van der Waals surface area contributed by atoms with Gasteiger partial charge in [0.15, 0.2) is 0 Å². The lowest BCUT2D eigenvalue weighted by Gasteiger charge is -2.35. The Balaban J connectivity index is 1.24. The van der Waals surface area contributed by atoms with Crippen LogP contribution in [0.5, 0.6) is 0 Å². The molecular weight excluding hydrogens is 394 g/mol. The van der Waals surface area contributed by atoms with Crippen LogP contribution in [0.2, 0.25) is 0 Å². The van der Waals surface area contributed by atoms with Gasteiger partial charge in [-0.1, -0.05) is 24.3 Å². The third-order valence-electron chi connectivity index (χ3n) is 5.87. The van der Waals surface area contributed by atoms with E-state index >= 15 is 0 Å². The van der Waals surface area contributed by atoms with E-state index in [1.165, 1.54) is 4.90 Å². The smallest absolute Gasteiger partial charge is 0.261 e. The lowest BCUT2D eigenvalue weighted by molar-refractivity contribution is -0.131. The van der Waals surface area contributed by atoms with Crippen molar-refractivity contribution in [3.05, 3.63) is 66.0 Å². The number of hydrogen-bond donors (Lipinski definition) is 0. The van der Waals surface area contributed by atoms with Gasteiger partial charge in [0.1, 0.15) is 0 Å². The third-order valence-corrected chi connectivity index (χ3v) is 5.87. The summed E-state index contributed by atoms with van der Waals surface area (Å²) >= 11 is 0. The molecule has 2 aliphatic heterocycles. The molecule has 0 unspecified atom stereocenters. The van der Waals surface area contributed by atoms with Gasteiger partial charge in [0.25, 0.3) is 11.8 Å². The number of aromatic nitrogens is 2. The van der Waals surface area contributed by atoms with Crippen molar-refractivity contribution in [2.24, 2.45) is 0 Å². The molecule has 0 spiro atoms. The lowest BCUT2D eigenvalue weighted by Crippen LogP contribution is -2.50. The quantitative estimate of drug-likeness (QED) is 0.606. The van der Waals surface area contributed by atoms with Crippen LogP contribution in [0.15, 0.2) is 54.9 Å². The molecule has 1 fully saturated rings. The molecule has 8 nitrogen and oxygen atoms in total. The largest absolute Gasteiger partial charge is 0.339 e. The standard InChI is InChI=1S/C23H21N5O3/c29-19(26-12-14-27(15-13-26)23-24-9-3-10-25-23)8-11-28-21(30)17-6-1-4-16-5-2-7-18(20(16)17)22(28)31/h1-7,9-10H,8,11-15H2.